The summed E-state index contributed by atoms with van der Waals surface area (Å²) in [5, 5.41) is 12.4. The first-order valence-corrected chi connectivity index (χ1v) is 7.26. The Morgan fingerprint density at radius 2 is 2.10 bits per heavy atom. The molecule has 0 aromatic carbocycles. The number of likely N-dealkylation sites (N-methyl/N-ethyl adjacent to an activating group) is 1. The van der Waals surface area contributed by atoms with E-state index < -0.39 is 12.0 Å². The summed E-state index contributed by atoms with van der Waals surface area (Å²) in [7, 11) is 4.05. The third kappa shape index (κ3) is 2.67. The van der Waals surface area contributed by atoms with Crippen LogP contribution in [0, 0.1) is 11.8 Å². The number of amides is 2. The molecule has 0 aromatic rings. The maximum Gasteiger partial charge on any atom is 0.228 e. The number of nitrogens with zero attached hydrogens (tertiary/aromatic N) is 2. The second kappa shape index (κ2) is 5.69. The Labute approximate surface area is 120 Å². The number of β-lactam (4-membered cyclic amide) rings is 1. The lowest BCUT2D eigenvalue weighted by atomic mass is 9.78. The molecule has 2 aliphatic heterocycles. The van der Waals surface area contributed by atoms with Gasteiger partial charge < -0.3 is 20.2 Å². The van der Waals surface area contributed by atoms with E-state index in [2.05, 4.69) is 10.2 Å². The minimum atomic E-state index is -0.711. The molecule has 2 fully saturated rings. The highest BCUT2D eigenvalue weighted by molar-refractivity contribution is 5.90. The van der Waals surface area contributed by atoms with Crippen LogP contribution in [-0.4, -0.2) is 72.1 Å². The molecule has 6 heteroatoms. The second-order valence-electron chi connectivity index (χ2n) is 6.28. The Morgan fingerprint density at radius 3 is 2.55 bits per heavy atom. The highest BCUT2D eigenvalue weighted by Crippen LogP contribution is 2.28. The van der Waals surface area contributed by atoms with Gasteiger partial charge in [0.25, 0.3) is 0 Å². The summed E-state index contributed by atoms with van der Waals surface area (Å²) >= 11 is 0. The number of carbonyl (C=O) groups is 2. The number of hydrogen-bond acceptors (Lipinski definition) is 4. The zero-order valence-electron chi connectivity index (χ0n) is 12.7. The van der Waals surface area contributed by atoms with Gasteiger partial charge in [-0.25, -0.2) is 0 Å². The summed E-state index contributed by atoms with van der Waals surface area (Å²) in [5.41, 5.74) is 0. The van der Waals surface area contributed by atoms with Gasteiger partial charge in [0.2, 0.25) is 11.8 Å². The number of rotatable bonds is 4. The van der Waals surface area contributed by atoms with Crippen molar-refractivity contribution < 1.29 is 14.7 Å². The van der Waals surface area contributed by atoms with Gasteiger partial charge >= 0.3 is 0 Å². The van der Waals surface area contributed by atoms with Crippen molar-refractivity contribution in [2.24, 2.45) is 11.8 Å². The number of likely N-dealkylation sites (tertiary alicyclic amines) is 1. The molecule has 2 rings (SSSR count). The van der Waals surface area contributed by atoms with Crippen LogP contribution < -0.4 is 5.32 Å². The van der Waals surface area contributed by atoms with Gasteiger partial charge in [-0.3, -0.25) is 9.59 Å². The molecule has 6 nitrogen and oxygen atoms in total. The maximum atomic E-state index is 12.5. The number of hydrogen-bond donors (Lipinski definition) is 2. The lowest BCUT2D eigenvalue weighted by Crippen LogP contribution is -2.66. The number of carbonyl (C=O) groups excluding carboxylic acids is 2. The smallest absolute Gasteiger partial charge is 0.228 e. The van der Waals surface area contributed by atoms with Gasteiger partial charge in [-0.15, -0.1) is 0 Å². The molecule has 2 heterocycles. The first-order valence-electron chi connectivity index (χ1n) is 7.26. The Kier molecular flexibility index (Phi) is 4.34. The first kappa shape index (κ1) is 15.3. The molecule has 0 saturated carbocycles. The van der Waals surface area contributed by atoms with Crippen LogP contribution in [0.5, 0.6) is 0 Å². The van der Waals surface area contributed by atoms with Crippen molar-refractivity contribution in [2.45, 2.75) is 38.5 Å². The predicted molar refractivity (Wildman–Crippen MR) is 74.9 cm³/mol. The van der Waals surface area contributed by atoms with Gasteiger partial charge in [0.1, 0.15) is 0 Å². The molecule has 2 amide bonds. The zero-order chi connectivity index (χ0) is 15.0. The fraction of sp³-hybridized carbons (Fsp3) is 0.857. The van der Waals surface area contributed by atoms with E-state index in [1.54, 1.807) is 6.92 Å². The molecule has 114 valence electrons. The molecule has 3 unspecified atom stereocenters. The van der Waals surface area contributed by atoms with E-state index in [1.165, 1.54) is 0 Å². The summed E-state index contributed by atoms with van der Waals surface area (Å²) in [4.78, 5) is 28.0. The van der Waals surface area contributed by atoms with Crippen molar-refractivity contribution in [1.82, 2.24) is 15.1 Å². The minimum absolute atomic E-state index is 0.0741. The van der Waals surface area contributed by atoms with Crippen molar-refractivity contribution in [3.63, 3.8) is 0 Å². The third-order valence-electron chi connectivity index (χ3n) is 4.65. The van der Waals surface area contributed by atoms with Gasteiger partial charge in [0.15, 0.2) is 0 Å². The van der Waals surface area contributed by atoms with Crippen LogP contribution in [0.1, 0.15) is 20.3 Å². The van der Waals surface area contributed by atoms with Crippen LogP contribution in [0.15, 0.2) is 0 Å². The van der Waals surface area contributed by atoms with Gasteiger partial charge in [-0.2, -0.15) is 0 Å². The summed E-state index contributed by atoms with van der Waals surface area (Å²) < 4.78 is 0. The lowest BCUT2D eigenvalue weighted by molar-refractivity contribution is -0.148. The standard InChI is InChI=1S/C14H25N3O3/c1-8(12-11(9(2)18)13(19)15-12)14(20)17-6-5-10(7-17)16(3)4/h8-12,18H,5-7H2,1-4H3,(H,15,19)/t8?,9?,10?,11-,12-/m1/s1. The van der Waals surface area contributed by atoms with Gasteiger partial charge in [0, 0.05) is 19.1 Å². The molecular weight excluding hydrogens is 258 g/mol. The van der Waals surface area contributed by atoms with Gasteiger partial charge in [-0.1, -0.05) is 6.92 Å². The fourth-order valence-corrected chi connectivity index (χ4v) is 3.18. The normalized spacial score (nSPS) is 32.8. The number of aliphatic hydroxyl groups is 1. The Hall–Kier alpha value is -1.14. The summed E-state index contributed by atoms with van der Waals surface area (Å²) in [6.07, 6.45) is 0.277. The Bertz CT molecular complexity index is 397. The molecule has 20 heavy (non-hydrogen) atoms. The molecule has 2 saturated heterocycles. The summed E-state index contributed by atoms with van der Waals surface area (Å²) in [5.74, 6) is -0.823. The van der Waals surface area contributed by atoms with E-state index in [4.69, 9.17) is 0 Å². The van der Waals surface area contributed by atoms with Crippen LogP contribution in [0.2, 0.25) is 0 Å². The van der Waals surface area contributed by atoms with Crippen LogP contribution in [-0.2, 0) is 9.59 Å². The SMILES string of the molecule is CC(C(=O)N1CCC(N(C)C)C1)[C@H]1NC(=O)[C@@H]1C(C)O. The zero-order valence-corrected chi connectivity index (χ0v) is 12.7. The van der Waals surface area contributed by atoms with E-state index in [1.807, 2.05) is 25.9 Å². The van der Waals surface area contributed by atoms with Gasteiger partial charge in [0.05, 0.1) is 24.0 Å². The van der Waals surface area contributed by atoms with Gasteiger partial charge in [-0.05, 0) is 27.4 Å². The molecule has 0 aliphatic carbocycles. The monoisotopic (exact) mass is 283 g/mol. The molecule has 0 bridgehead atoms. The van der Waals surface area contributed by atoms with E-state index in [0.717, 1.165) is 19.5 Å². The third-order valence-corrected chi connectivity index (χ3v) is 4.65. The lowest BCUT2D eigenvalue weighted by Gasteiger charge is -2.42. The summed E-state index contributed by atoms with van der Waals surface area (Å²) in [6, 6.07) is 0.170. The van der Waals surface area contributed by atoms with Crippen molar-refractivity contribution >= 4 is 11.8 Å². The second-order valence-corrected chi connectivity index (χ2v) is 6.28. The molecule has 5 atom stereocenters. The van der Waals surface area contributed by atoms with E-state index in [0.29, 0.717) is 6.04 Å². The largest absolute Gasteiger partial charge is 0.393 e. The highest BCUT2D eigenvalue weighted by Gasteiger charge is 2.48. The van der Waals surface area contributed by atoms with Crippen LogP contribution in [0.4, 0.5) is 0 Å². The van der Waals surface area contributed by atoms with Crippen molar-refractivity contribution in [1.29, 1.82) is 0 Å². The molecule has 0 radical (unpaired) electrons. The van der Waals surface area contributed by atoms with E-state index in [9.17, 15) is 14.7 Å². The molecule has 2 aliphatic rings. The van der Waals surface area contributed by atoms with Crippen LogP contribution >= 0.6 is 0 Å². The highest BCUT2D eigenvalue weighted by atomic mass is 16.3. The average Bonchev–Trinajstić information content (AvgIpc) is 2.82. The quantitative estimate of drug-likeness (QED) is 0.668. The van der Waals surface area contributed by atoms with E-state index in [-0.39, 0.29) is 23.8 Å². The van der Waals surface area contributed by atoms with Crippen LogP contribution in [0.3, 0.4) is 0 Å². The van der Waals surface area contributed by atoms with Crippen molar-refractivity contribution in [2.75, 3.05) is 27.2 Å². The molecule has 0 spiro atoms. The molecular formula is C14H25N3O3. The van der Waals surface area contributed by atoms with Crippen molar-refractivity contribution in [3.8, 4) is 0 Å². The fourth-order valence-electron chi connectivity index (χ4n) is 3.18. The molecule has 2 N–H and O–H groups in total. The summed E-state index contributed by atoms with van der Waals surface area (Å²) in [6.45, 7) is 4.96. The Balaban J connectivity index is 1.95. The van der Waals surface area contributed by atoms with Crippen LogP contribution in [0.25, 0.3) is 0 Å². The minimum Gasteiger partial charge on any atom is -0.393 e. The predicted octanol–water partition coefficient (Wildman–Crippen LogP) is -0.720. The first-order chi connectivity index (χ1) is 9.32. The molecule has 0 aromatic heterocycles. The average molecular weight is 283 g/mol. The number of nitrogens with one attached hydrogen (secondary N) is 1. The topological polar surface area (TPSA) is 72.9 Å². The van der Waals surface area contributed by atoms with Crippen molar-refractivity contribution in [3.05, 3.63) is 0 Å². The number of aliphatic hydroxyl groups excluding tert-OH is 1. The van der Waals surface area contributed by atoms with E-state index >= 15 is 0 Å². The Morgan fingerprint density at radius 1 is 1.45 bits per heavy atom. The maximum absolute atomic E-state index is 12.5.